The second kappa shape index (κ2) is 4.56. The van der Waals surface area contributed by atoms with Crippen LogP contribution in [-0.2, 0) is 4.79 Å². The van der Waals surface area contributed by atoms with Crippen LogP contribution in [0.1, 0.15) is 16.1 Å². The van der Waals surface area contributed by atoms with Gasteiger partial charge >= 0.3 is 5.97 Å². The molecule has 0 bridgehead atoms. The summed E-state index contributed by atoms with van der Waals surface area (Å²) in [6, 6.07) is -1.35. The number of carbonyl (C=O) groups is 2. The van der Waals surface area contributed by atoms with Gasteiger partial charge in [0.2, 0.25) is 5.76 Å². The molecular formula is C8H10N2O5. The molecule has 0 aliphatic heterocycles. The molecule has 1 atom stereocenters. The highest BCUT2D eigenvalue weighted by molar-refractivity contribution is 5.95. The number of aryl methyl sites for hydroxylation is 1. The molecule has 0 saturated carbocycles. The molecule has 1 amide bonds. The van der Waals surface area contributed by atoms with Crippen LogP contribution in [0.5, 0.6) is 0 Å². The van der Waals surface area contributed by atoms with E-state index in [1.807, 2.05) is 0 Å². The zero-order chi connectivity index (χ0) is 11.4. The quantitative estimate of drug-likeness (QED) is 0.602. The standard InChI is InChI=1S/C8H10N2O5/c1-4-2-9-15-6(4)7(12)10-5(3-11)8(13)14/h2,5,11H,3H2,1H3,(H,10,12)(H,13,14). The second-order valence-corrected chi connectivity index (χ2v) is 2.88. The van der Waals surface area contributed by atoms with Gasteiger partial charge in [-0.25, -0.2) is 4.79 Å². The van der Waals surface area contributed by atoms with Crippen molar-refractivity contribution in [2.24, 2.45) is 0 Å². The van der Waals surface area contributed by atoms with Gasteiger partial charge in [0.1, 0.15) is 0 Å². The smallest absolute Gasteiger partial charge is 0.328 e. The van der Waals surface area contributed by atoms with Crippen LogP contribution in [0.4, 0.5) is 0 Å². The largest absolute Gasteiger partial charge is 0.480 e. The second-order valence-electron chi connectivity index (χ2n) is 2.88. The number of nitrogens with zero attached hydrogens (tertiary/aromatic N) is 1. The van der Waals surface area contributed by atoms with Gasteiger partial charge in [-0.3, -0.25) is 4.79 Å². The van der Waals surface area contributed by atoms with Crippen molar-refractivity contribution in [1.82, 2.24) is 10.5 Å². The van der Waals surface area contributed by atoms with E-state index in [2.05, 4.69) is 15.0 Å². The normalized spacial score (nSPS) is 12.1. The summed E-state index contributed by atoms with van der Waals surface area (Å²) in [5, 5.41) is 22.7. The van der Waals surface area contributed by atoms with Crippen LogP contribution in [-0.4, -0.2) is 39.9 Å². The third kappa shape index (κ3) is 2.53. The summed E-state index contributed by atoms with van der Waals surface area (Å²) in [6.07, 6.45) is 1.34. The number of nitrogens with one attached hydrogen (secondary N) is 1. The highest BCUT2D eigenvalue weighted by Crippen LogP contribution is 2.05. The molecule has 1 aromatic rings. The van der Waals surface area contributed by atoms with E-state index >= 15 is 0 Å². The number of hydrogen-bond donors (Lipinski definition) is 3. The van der Waals surface area contributed by atoms with Gasteiger partial charge in [-0.1, -0.05) is 5.16 Å². The van der Waals surface area contributed by atoms with Crippen LogP contribution >= 0.6 is 0 Å². The fourth-order valence-corrected chi connectivity index (χ4v) is 0.919. The van der Waals surface area contributed by atoms with Crippen LogP contribution in [0.3, 0.4) is 0 Å². The molecule has 7 nitrogen and oxygen atoms in total. The highest BCUT2D eigenvalue weighted by atomic mass is 16.5. The molecule has 0 aliphatic carbocycles. The number of carbonyl (C=O) groups excluding carboxylic acids is 1. The fourth-order valence-electron chi connectivity index (χ4n) is 0.919. The first-order chi connectivity index (χ1) is 7.06. The molecular weight excluding hydrogens is 204 g/mol. The Hall–Kier alpha value is -1.89. The summed E-state index contributed by atoms with van der Waals surface area (Å²) in [4.78, 5) is 21.9. The van der Waals surface area contributed by atoms with Crippen molar-refractivity contribution in [3.63, 3.8) is 0 Å². The van der Waals surface area contributed by atoms with Crippen molar-refractivity contribution in [3.8, 4) is 0 Å². The van der Waals surface area contributed by atoms with E-state index < -0.39 is 24.5 Å². The predicted octanol–water partition coefficient (Wildman–Crippen LogP) is -0.842. The SMILES string of the molecule is Cc1cnoc1C(=O)NC(CO)C(=O)O. The van der Waals surface area contributed by atoms with Crippen molar-refractivity contribution in [2.45, 2.75) is 13.0 Å². The van der Waals surface area contributed by atoms with Gasteiger partial charge in [0.15, 0.2) is 6.04 Å². The predicted molar refractivity (Wildman–Crippen MR) is 47.2 cm³/mol. The third-order valence-corrected chi connectivity index (χ3v) is 1.74. The van der Waals surface area contributed by atoms with Gasteiger partial charge in [-0.05, 0) is 6.92 Å². The van der Waals surface area contributed by atoms with Crippen molar-refractivity contribution < 1.29 is 24.3 Å². The zero-order valence-corrected chi connectivity index (χ0v) is 7.93. The average Bonchev–Trinajstić information content (AvgIpc) is 2.60. The van der Waals surface area contributed by atoms with Gasteiger partial charge in [0.25, 0.3) is 5.91 Å². The minimum absolute atomic E-state index is 0.0605. The summed E-state index contributed by atoms with van der Waals surface area (Å²) >= 11 is 0. The number of aliphatic hydroxyl groups is 1. The van der Waals surface area contributed by atoms with Crippen LogP contribution in [0.2, 0.25) is 0 Å². The van der Waals surface area contributed by atoms with Crippen LogP contribution < -0.4 is 5.32 Å². The van der Waals surface area contributed by atoms with Crippen molar-refractivity contribution in [2.75, 3.05) is 6.61 Å². The Kier molecular flexibility index (Phi) is 3.40. The van der Waals surface area contributed by atoms with Gasteiger partial charge in [-0.15, -0.1) is 0 Å². The maximum absolute atomic E-state index is 11.4. The molecule has 0 aliphatic rings. The monoisotopic (exact) mass is 214 g/mol. The van der Waals surface area contributed by atoms with Crippen molar-refractivity contribution >= 4 is 11.9 Å². The van der Waals surface area contributed by atoms with Gasteiger partial charge in [0, 0.05) is 5.56 Å². The Bertz CT molecular complexity index is 373. The Balaban J connectivity index is 2.71. The van der Waals surface area contributed by atoms with Gasteiger partial charge in [-0.2, -0.15) is 0 Å². The molecule has 15 heavy (non-hydrogen) atoms. The fraction of sp³-hybridized carbons (Fsp3) is 0.375. The molecule has 0 spiro atoms. The number of amides is 1. The maximum Gasteiger partial charge on any atom is 0.328 e. The lowest BCUT2D eigenvalue weighted by atomic mass is 10.2. The number of carboxylic acids is 1. The van der Waals surface area contributed by atoms with Crippen molar-refractivity contribution in [3.05, 3.63) is 17.5 Å². The number of hydrogen-bond acceptors (Lipinski definition) is 5. The minimum Gasteiger partial charge on any atom is -0.480 e. The number of rotatable bonds is 4. The lowest BCUT2D eigenvalue weighted by molar-refractivity contribution is -0.140. The molecule has 0 radical (unpaired) electrons. The summed E-state index contributed by atoms with van der Waals surface area (Å²) in [5.74, 6) is -2.09. The van der Waals surface area contributed by atoms with E-state index in [1.165, 1.54) is 6.20 Å². The molecule has 1 aromatic heterocycles. The Labute approximate surface area is 84.7 Å². The molecule has 0 fully saturated rings. The molecule has 1 rings (SSSR count). The zero-order valence-electron chi connectivity index (χ0n) is 7.93. The van der Waals surface area contributed by atoms with E-state index in [-0.39, 0.29) is 5.76 Å². The summed E-state index contributed by atoms with van der Waals surface area (Å²) < 4.78 is 4.61. The maximum atomic E-state index is 11.4. The molecule has 0 aromatic carbocycles. The molecule has 0 saturated heterocycles. The van der Waals surface area contributed by atoms with E-state index in [9.17, 15) is 9.59 Å². The minimum atomic E-state index is -1.35. The molecule has 1 unspecified atom stereocenters. The molecule has 1 heterocycles. The molecule has 3 N–H and O–H groups in total. The Morgan fingerprint density at radius 3 is 2.73 bits per heavy atom. The Morgan fingerprint density at radius 1 is 1.67 bits per heavy atom. The number of aliphatic hydroxyl groups excluding tert-OH is 1. The summed E-state index contributed by atoms with van der Waals surface area (Å²) in [7, 11) is 0. The van der Waals surface area contributed by atoms with Crippen molar-refractivity contribution in [1.29, 1.82) is 0 Å². The molecule has 82 valence electrons. The first kappa shape index (κ1) is 11.2. The topological polar surface area (TPSA) is 113 Å². The van der Waals surface area contributed by atoms with Crippen LogP contribution in [0.25, 0.3) is 0 Å². The average molecular weight is 214 g/mol. The number of aliphatic carboxylic acids is 1. The number of carboxylic acid groups (broad SMARTS) is 1. The Morgan fingerprint density at radius 2 is 2.33 bits per heavy atom. The summed E-state index contributed by atoms with van der Waals surface area (Å²) in [5.41, 5.74) is 0.495. The first-order valence-electron chi connectivity index (χ1n) is 4.12. The van der Waals surface area contributed by atoms with E-state index in [1.54, 1.807) is 6.92 Å². The highest BCUT2D eigenvalue weighted by Gasteiger charge is 2.22. The van der Waals surface area contributed by atoms with Gasteiger partial charge in [0.05, 0.1) is 12.8 Å². The lowest BCUT2D eigenvalue weighted by Gasteiger charge is -2.09. The van der Waals surface area contributed by atoms with E-state index in [0.717, 1.165) is 0 Å². The van der Waals surface area contributed by atoms with E-state index in [0.29, 0.717) is 5.56 Å². The van der Waals surface area contributed by atoms with Crippen LogP contribution in [0.15, 0.2) is 10.7 Å². The van der Waals surface area contributed by atoms with E-state index in [4.69, 9.17) is 10.2 Å². The lowest BCUT2D eigenvalue weighted by Crippen LogP contribution is -2.43. The molecule has 7 heteroatoms. The number of aromatic nitrogens is 1. The third-order valence-electron chi connectivity index (χ3n) is 1.74. The first-order valence-corrected chi connectivity index (χ1v) is 4.12. The summed E-state index contributed by atoms with van der Waals surface area (Å²) in [6.45, 7) is 0.911. The van der Waals surface area contributed by atoms with Crippen LogP contribution in [0, 0.1) is 6.92 Å². The van der Waals surface area contributed by atoms with Gasteiger partial charge < -0.3 is 20.1 Å².